The second kappa shape index (κ2) is 6.56. The lowest BCUT2D eigenvalue weighted by atomic mass is 9.84. The highest BCUT2D eigenvalue weighted by atomic mass is 16.4. The van der Waals surface area contributed by atoms with Crippen LogP contribution in [0.25, 0.3) is 0 Å². The van der Waals surface area contributed by atoms with Gasteiger partial charge in [-0.3, -0.25) is 4.79 Å². The van der Waals surface area contributed by atoms with Crippen LogP contribution in [0.15, 0.2) is 16.5 Å². The van der Waals surface area contributed by atoms with E-state index in [1.54, 1.807) is 6.07 Å². The number of furan rings is 1. The van der Waals surface area contributed by atoms with Crippen LogP contribution in [0.3, 0.4) is 0 Å². The van der Waals surface area contributed by atoms with Gasteiger partial charge in [0.15, 0.2) is 5.76 Å². The first kappa shape index (κ1) is 14.6. The molecule has 0 aromatic carbocycles. The maximum absolute atomic E-state index is 12.0. The Morgan fingerprint density at radius 3 is 2.60 bits per heavy atom. The smallest absolute Gasteiger partial charge is 0.326 e. The zero-order chi connectivity index (χ0) is 14.5. The predicted molar refractivity (Wildman–Crippen MR) is 72.1 cm³/mol. The summed E-state index contributed by atoms with van der Waals surface area (Å²) in [4.78, 5) is 23.4. The van der Waals surface area contributed by atoms with E-state index >= 15 is 0 Å². The first-order valence-corrected chi connectivity index (χ1v) is 6.94. The van der Waals surface area contributed by atoms with Crippen LogP contribution >= 0.6 is 0 Å². The van der Waals surface area contributed by atoms with E-state index in [0.29, 0.717) is 5.76 Å². The highest BCUT2D eigenvalue weighted by Gasteiger charge is 2.31. The van der Waals surface area contributed by atoms with Crippen LogP contribution < -0.4 is 11.1 Å². The molecule has 2 rings (SSSR count). The molecule has 6 heteroatoms. The first-order valence-electron chi connectivity index (χ1n) is 6.94. The Labute approximate surface area is 117 Å². The van der Waals surface area contributed by atoms with Crippen molar-refractivity contribution in [1.29, 1.82) is 0 Å². The number of hydrogen-bond donors (Lipinski definition) is 3. The minimum absolute atomic E-state index is 0.00542. The Morgan fingerprint density at radius 2 is 2.05 bits per heavy atom. The number of aliphatic carboxylic acids is 1. The van der Waals surface area contributed by atoms with Gasteiger partial charge >= 0.3 is 5.97 Å². The van der Waals surface area contributed by atoms with Crippen LogP contribution in [-0.2, 0) is 11.3 Å². The van der Waals surface area contributed by atoms with E-state index in [9.17, 15) is 14.7 Å². The molecule has 0 radical (unpaired) electrons. The summed E-state index contributed by atoms with van der Waals surface area (Å²) in [5.74, 6) is -0.889. The number of carbonyl (C=O) groups is 2. The topological polar surface area (TPSA) is 106 Å². The third-order valence-corrected chi connectivity index (χ3v) is 3.76. The molecule has 1 saturated carbocycles. The molecule has 4 N–H and O–H groups in total. The lowest BCUT2D eigenvalue weighted by Crippen LogP contribution is -2.46. The van der Waals surface area contributed by atoms with E-state index in [0.717, 1.165) is 32.1 Å². The van der Waals surface area contributed by atoms with Crippen molar-refractivity contribution >= 4 is 11.9 Å². The number of carbonyl (C=O) groups excluding carboxylic acids is 1. The fourth-order valence-corrected chi connectivity index (χ4v) is 2.67. The van der Waals surface area contributed by atoms with Crippen molar-refractivity contribution in [2.45, 2.75) is 44.7 Å². The van der Waals surface area contributed by atoms with Crippen molar-refractivity contribution < 1.29 is 19.1 Å². The lowest BCUT2D eigenvalue weighted by Gasteiger charge is -2.27. The standard InChI is InChI=1S/C14H20N2O4/c15-8-10-6-7-11(20-10)13(17)16-12(14(18)19)9-4-2-1-3-5-9/h6-7,9,12H,1-5,8,15H2,(H,16,17)(H,18,19). The molecule has 110 valence electrons. The molecule has 0 aliphatic heterocycles. The minimum atomic E-state index is -0.990. The Bertz CT molecular complexity index is 477. The van der Waals surface area contributed by atoms with Gasteiger partial charge in [-0.1, -0.05) is 19.3 Å². The average molecular weight is 280 g/mol. The molecule has 1 heterocycles. The molecule has 20 heavy (non-hydrogen) atoms. The fraction of sp³-hybridized carbons (Fsp3) is 0.571. The maximum Gasteiger partial charge on any atom is 0.326 e. The van der Waals surface area contributed by atoms with Gasteiger partial charge in [0.25, 0.3) is 5.91 Å². The average Bonchev–Trinajstić information content (AvgIpc) is 2.94. The van der Waals surface area contributed by atoms with Gasteiger partial charge in [-0.2, -0.15) is 0 Å². The summed E-state index contributed by atoms with van der Waals surface area (Å²) in [6.45, 7) is 0.207. The summed E-state index contributed by atoms with van der Waals surface area (Å²) < 4.78 is 5.23. The molecule has 1 aromatic rings. The summed E-state index contributed by atoms with van der Waals surface area (Å²) in [6.07, 6.45) is 4.84. The molecule has 0 bridgehead atoms. The molecule has 1 aromatic heterocycles. The van der Waals surface area contributed by atoms with Gasteiger partial charge in [0, 0.05) is 0 Å². The molecule has 1 fully saturated rings. The number of hydrogen-bond acceptors (Lipinski definition) is 4. The SMILES string of the molecule is NCc1ccc(C(=O)NC(C(=O)O)C2CCCCC2)o1. The largest absolute Gasteiger partial charge is 0.480 e. The Morgan fingerprint density at radius 1 is 1.35 bits per heavy atom. The summed E-state index contributed by atoms with van der Waals surface area (Å²) in [5.41, 5.74) is 5.41. The monoisotopic (exact) mass is 280 g/mol. The highest BCUT2D eigenvalue weighted by Crippen LogP contribution is 2.26. The third-order valence-electron chi connectivity index (χ3n) is 3.76. The normalized spacial score (nSPS) is 17.6. The van der Waals surface area contributed by atoms with Crippen LogP contribution in [0.5, 0.6) is 0 Å². The van der Waals surface area contributed by atoms with Gasteiger partial charge < -0.3 is 20.6 Å². The fourth-order valence-electron chi connectivity index (χ4n) is 2.67. The molecule has 6 nitrogen and oxygen atoms in total. The molecule has 0 saturated heterocycles. The second-order valence-corrected chi connectivity index (χ2v) is 5.16. The van der Waals surface area contributed by atoms with E-state index in [1.165, 1.54) is 6.07 Å². The van der Waals surface area contributed by atoms with Gasteiger partial charge in [0.1, 0.15) is 11.8 Å². The van der Waals surface area contributed by atoms with Crippen molar-refractivity contribution in [1.82, 2.24) is 5.32 Å². The molecular formula is C14H20N2O4. The first-order chi connectivity index (χ1) is 9.61. The van der Waals surface area contributed by atoms with Crippen molar-refractivity contribution in [3.05, 3.63) is 23.7 Å². The third kappa shape index (κ3) is 3.39. The van der Waals surface area contributed by atoms with E-state index in [4.69, 9.17) is 10.2 Å². The van der Waals surface area contributed by atoms with Crippen molar-refractivity contribution in [2.24, 2.45) is 11.7 Å². The predicted octanol–water partition coefficient (Wildman–Crippen LogP) is 1.50. The number of carboxylic acids is 1. The van der Waals surface area contributed by atoms with E-state index in [-0.39, 0.29) is 18.2 Å². The molecule has 1 amide bonds. The van der Waals surface area contributed by atoms with Gasteiger partial charge in [0.05, 0.1) is 6.54 Å². The van der Waals surface area contributed by atoms with E-state index < -0.39 is 17.9 Å². The van der Waals surface area contributed by atoms with E-state index in [2.05, 4.69) is 5.32 Å². The van der Waals surface area contributed by atoms with Crippen LogP contribution in [0, 0.1) is 5.92 Å². The van der Waals surface area contributed by atoms with Gasteiger partial charge in [-0.25, -0.2) is 4.79 Å². The maximum atomic E-state index is 12.0. The highest BCUT2D eigenvalue weighted by molar-refractivity contribution is 5.94. The van der Waals surface area contributed by atoms with Crippen molar-refractivity contribution in [3.8, 4) is 0 Å². The number of carboxylic acid groups (broad SMARTS) is 1. The minimum Gasteiger partial charge on any atom is -0.480 e. The number of nitrogens with two attached hydrogens (primary N) is 1. The zero-order valence-corrected chi connectivity index (χ0v) is 11.3. The number of rotatable bonds is 5. The Kier molecular flexibility index (Phi) is 4.79. The molecule has 1 aliphatic rings. The van der Waals surface area contributed by atoms with Gasteiger partial charge in [-0.15, -0.1) is 0 Å². The van der Waals surface area contributed by atoms with Gasteiger partial charge in [-0.05, 0) is 30.9 Å². The Hall–Kier alpha value is -1.82. The number of nitrogens with one attached hydrogen (secondary N) is 1. The summed E-state index contributed by atoms with van der Waals surface area (Å²) >= 11 is 0. The molecule has 1 unspecified atom stereocenters. The molecule has 1 atom stereocenters. The van der Waals surface area contributed by atoms with Crippen LogP contribution in [0.1, 0.15) is 48.4 Å². The molecule has 1 aliphatic carbocycles. The van der Waals surface area contributed by atoms with Crippen LogP contribution in [-0.4, -0.2) is 23.0 Å². The molecular weight excluding hydrogens is 260 g/mol. The second-order valence-electron chi connectivity index (χ2n) is 5.16. The summed E-state index contributed by atoms with van der Waals surface area (Å²) in [5, 5.41) is 11.9. The zero-order valence-electron chi connectivity index (χ0n) is 11.3. The van der Waals surface area contributed by atoms with E-state index in [1.807, 2.05) is 0 Å². The molecule has 0 spiro atoms. The van der Waals surface area contributed by atoms with Crippen molar-refractivity contribution in [3.63, 3.8) is 0 Å². The number of amides is 1. The van der Waals surface area contributed by atoms with Crippen LogP contribution in [0.2, 0.25) is 0 Å². The summed E-state index contributed by atoms with van der Waals surface area (Å²) in [6, 6.07) is 2.28. The van der Waals surface area contributed by atoms with Crippen molar-refractivity contribution in [2.75, 3.05) is 0 Å². The Balaban J connectivity index is 2.03. The summed E-state index contributed by atoms with van der Waals surface area (Å²) in [7, 11) is 0. The van der Waals surface area contributed by atoms with Gasteiger partial charge in [0.2, 0.25) is 0 Å². The lowest BCUT2D eigenvalue weighted by molar-refractivity contribution is -0.141. The van der Waals surface area contributed by atoms with Crippen LogP contribution in [0.4, 0.5) is 0 Å². The quantitative estimate of drug-likeness (QED) is 0.758.